The van der Waals surface area contributed by atoms with Gasteiger partial charge in [0.05, 0.1) is 16.6 Å². The Morgan fingerprint density at radius 1 is 1.33 bits per heavy atom. The number of unbranched alkanes of at least 4 members (excludes halogenated alkanes) is 1. The van der Waals surface area contributed by atoms with Gasteiger partial charge in [0.1, 0.15) is 16.8 Å². The van der Waals surface area contributed by atoms with Gasteiger partial charge in [0.2, 0.25) is 0 Å². The predicted molar refractivity (Wildman–Crippen MR) is 111 cm³/mol. The Balaban J connectivity index is 1.88. The van der Waals surface area contributed by atoms with E-state index in [-0.39, 0.29) is 11.0 Å². The lowest BCUT2D eigenvalue weighted by molar-refractivity contribution is 0.238. The third-order valence-electron chi connectivity index (χ3n) is 6.10. The van der Waals surface area contributed by atoms with Gasteiger partial charge in [-0.2, -0.15) is 4.40 Å². The molecule has 0 N–H and O–H groups in total. The Hall–Kier alpha value is -1.82. The molecule has 1 unspecified atom stereocenters. The second-order valence-corrected chi connectivity index (χ2v) is 9.27. The van der Waals surface area contributed by atoms with Crippen LogP contribution in [0.1, 0.15) is 69.3 Å². The van der Waals surface area contributed by atoms with E-state index in [2.05, 4.69) is 11.3 Å². The Kier molecular flexibility index (Phi) is 4.78. The molecule has 2 heterocycles. The van der Waals surface area contributed by atoms with E-state index in [0.717, 1.165) is 61.1 Å². The molecule has 0 saturated heterocycles. The van der Waals surface area contributed by atoms with Crippen LogP contribution in [0.3, 0.4) is 0 Å². The van der Waals surface area contributed by atoms with Crippen molar-refractivity contribution in [3.8, 4) is 0 Å². The SMILES string of the molecule is CCCCS(=O)/N=C(/C)c1cc(C)cc2c(=O)n3c(nc12)C1(CCC1)CC3. The van der Waals surface area contributed by atoms with Crippen molar-refractivity contribution in [1.82, 2.24) is 9.55 Å². The highest BCUT2D eigenvalue weighted by Gasteiger charge is 2.46. The van der Waals surface area contributed by atoms with Crippen molar-refractivity contribution in [2.45, 2.75) is 71.3 Å². The van der Waals surface area contributed by atoms with Crippen LogP contribution in [0.25, 0.3) is 10.9 Å². The third-order valence-corrected chi connectivity index (χ3v) is 7.22. The summed E-state index contributed by atoms with van der Waals surface area (Å²) in [5, 5.41) is 0.652. The summed E-state index contributed by atoms with van der Waals surface area (Å²) in [5.41, 5.74) is 3.43. The fourth-order valence-corrected chi connectivity index (χ4v) is 5.42. The van der Waals surface area contributed by atoms with Gasteiger partial charge in [-0.1, -0.05) is 19.8 Å². The fraction of sp³-hybridized carbons (Fsp3) is 0.571. The van der Waals surface area contributed by atoms with Crippen molar-refractivity contribution >= 4 is 27.6 Å². The summed E-state index contributed by atoms with van der Waals surface area (Å²) >= 11 is 0. The molecule has 1 aromatic carbocycles. The Morgan fingerprint density at radius 2 is 2.11 bits per heavy atom. The zero-order chi connectivity index (χ0) is 19.2. The lowest BCUT2D eigenvalue weighted by Gasteiger charge is -2.37. The topological polar surface area (TPSA) is 64.3 Å². The molecular weight excluding hydrogens is 358 g/mol. The van der Waals surface area contributed by atoms with Crippen LogP contribution in [0, 0.1) is 6.92 Å². The Morgan fingerprint density at radius 3 is 2.78 bits per heavy atom. The molecule has 0 bridgehead atoms. The lowest BCUT2D eigenvalue weighted by Crippen LogP contribution is -2.34. The van der Waals surface area contributed by atoms with E-state index in [1.807, 2.05) is 30.5 Å². The van der Waals surface area contributed by atoms with Gasteiger partial charge in [-0.15, -0.1) is 0 Å². The van der Waals surface area contributed by atoms with E-state index in [1.54, 1.807) is 0 Å². The number of aryl methyl sites for hydroxylation is 1. The van der Waals surface area contributed by atoms with Gasteiger partial charge in [-0.25, -0.2) is 9.19 Å². The lowest BCUT2D eigenvalue weighted by atomic mass is 9.67. The first-order valence-electron chi connectivity index (χ1n) is 9.95. The largest absolute Gasteiger partial charge is 0.296 e. The molecule has 1 saturated carbocycles. The van der Waals surface area contributed by atoms with Crippen molar-refractivity contribution in [3.05, 3.63) is 39.4 Å². The second-order valence-electron chi connectivity index (χ2n) is 8.04. The first kappa shape index (κ1) is 18.5. The average molecular weight is 386 g/mol. The van der Waals surface area contributed by atoms with E-state index in [4.69, 9.17) is 4.98 Å². The first-order valence-corrected chi connectivity index (χ1v) is 11.2. The molecule has 0 radical (unpaired) electrons. The fourth-order valence-electron chi connectivity index (χ4n) is 4.39. The minimum Gasteiger partial charge on any atom is -0.296 e. The van der Waals surface area contributed by atoms with E-state index in [0.29, 0.717) is 16.9 Å². The summed E-state index contributed by atoms with van der Waals surface area (Å²) in [6.45, 7) is 6.71. The third kappa shape index (κ3) is 3.08. The molecule has 2 aromatic rings. The highest BCUT2D eigenvalue weighted by Crippen LogP contribution is 2.49. The molecule has 5 nitrogen and oxygen atoms in total. The molecule has 27 heavy (non-hydrogen) atoms. The quantitative estimate of drug-likeness (QED) is 0.735. The van der Waals surface area contributed by atoms with Crippen molar-refractivity contribution in [1.29, 1.82) is 0 Å². The van der Waals surface area contributed by atoms with E-state index < -0.39 is 11.0 Å². The number of rotatable bonds is 5. The van der Waals surface area contributed by atoms with Gasteiger partial charge >= 0.3 is 0 Å². The number of hydrogen-bond acceptors (Lipinski definition) is 3. The van der Waals surface area contributed by atoms with E-state index in [1.165, 1.54) is 6.42 Å². The van der Waals surface area contributed by atoms with Crippen LogP contribution in [-0.2, 0) is 22.9 Å². The summed E-state index contributed by atoms with van der Waals surface area (Å²) in [4.78, 5) is 18.2. The summed E-state index contributed by atoms with van der Waals surface area (Å²) < 4.78 is 18.6. The highest BCUT2D eigenvalue weighted by molar-refractivity contribution is 7.83. The molecule has 144 valence electrons. The summed E-state index contributed by atoms with van der Waals surface area (Å²) in [7, 11) is -1.23. The molecule has 1 aliphatic carbocycles. The van der Waals surface area contributed by atoms with Crippen LogP contribution in [0.15, 0.2) is 21.3 Å². The van der Waals surface area contributed by atoms with Gasteiger partial charge in [0.15, 0.2) is 0 Å². The molecule has 1 aromatic heterocycles. The maximum atomic E-state index is 13.2. The Labute approximate surface area is 162 Å². The minimum absolute atomic E-state index is 0.0589. The summed E-state index contributed by atoms with van der Waals surface area (Å²) in [5.74, 6) is 1.53. The molecule has 4 rings (SSSR count). The molecule has 1 spiro atoms. The van der Waals surface area contributed by atoms with Gasteiger partial charge < -0.3 is 0 Å². The van der Waals surface area contributed by atoms with Gasteiger partial charge in [0.25, 0.3) is 5.56 Å². The molecule has 0 amide bonds. The van der Waals surface area contributed by atoms with E-state index >= 15 is 0 Å². The van der Waals surface area contributed by atoms with Crippen molar-refractivity contribution in [2.75, 3.05) is 5.75 Å². The number of hydrogen-bond donors (Lipinski definition) is 0. The minimum atomic E-state index is -1.23. The number of benzene rings is 1. The van der Waals surface area contributed by atoms with Crippen molar-refractivity contribution < 1.29 is 4.21 Å². The summed E-state index contributed by atoms with van der Waals surface area (Å²) in [6, 6.07) is 3.94. The first-order chi connectivity index (χ1) is 12.9. The molecule has 2 aliphatic rings. The van der Waals surface area contributed by atoms with Crippen LogP contribution in [0.5, 0.6) is 0 Å². The molecule has 6 heteroatoms. The Bertz CT molecular complexity index is 1020. The normalized spacial score (nSPS) is 19.3. The molecule has 1 aliphatic heterocycles. The maximum Gasteiger partial charge on any atom is 0.261 e. The smallest absolute Gasteiger partial charge is 0.261 e. The van der Waals surface area contributed by atoms with E-state index in [9.17, 15) is 9.00 Å². The molecular formula is C21H27N3O2S. The zero-order valence-electron chi connectivity index (χ0n) is 16.4. The van der Waals surface area contributed by atoms with Crippen LogP contribution < -0.4 is 5.56 Å². The number of aromatic nitrogens is 2. The second kappa shape index (κ2) is 6.97. The number of fused-ring (bicyclic) bond motifs is 3. The van der Waals surface area contributed by atoms with Crippen molar-refractivity contribution in [3.63, 3.8) is 0 Å². The maximum absolute atomic E-state index is 13.2. The van der Waals surface area contributed by atoms with Crippen LogP contribution in [0.4, 0.5) is 0 Å². The molecule has 1 atom stereocenters. The zero-order valence-corrected chi connectivity index (χ0v) is 17.2. The van der Waals surface area contributed by atoms with Crippen LogP contribution in [0.2, 0.25) is 0 Å². The van der Waals surface area contributed by atoms with Gasteiger partial charge in [-0.3, -0.25) is 9.36 Å². The summed E-state index contributed by atoms with van der Waals surface area (Å²) in [6.07, 6.45) is 6.38. The van der Waals surface area contributed by atoms with Crippen LogP contribution in [-0.4, -0.2) is 25.2 Å². The predicted octanol–water partition coefficient (Wildman–Crippen LogP) is 3.80. The average Bonchev–Trinajstić information content (AvgIpc) is 3.00. The van der Waals surface area contributed by atoms with Crippen LogP contribution >= 0.6 is 0 Å². The standard InChI is InChI=1S/C21H27N3O2S/c1-4-5-11-27(26)23-15(3)16-12-14(2)13-17-18(16)22-20-21(7-6-8-21)9-10-24(20)19(17)25/h12-13H,4-11H2,1-3H3/b23-15-. The monoisotopic (exact) mass is 385 g/mol. The van der Waals surface area contributed by atoms with Crippen molar-refractivity contribution in [2.24, 2.45) is 4.40 Å². The molecule has 1 fully saturated rings. The number of nitrogens with zero attached hydrogens (tertiary/aromatic N) is 3. The highest BCUT2D eigenvalue weighted by atomic mass is 32.2. The van der Waals surface area contributed by atoms with Gasteiger partial charge in [-0.05, 0) is 57.2 Å². The van der Waals surface area contributed by atoms with Gasteiger partial charge in [0, 0.05) is 23.3 Å².